The van der Waals surface area contributed by atoms with Crippen molar-refractivity contribution >= 4 is 17.6 Å². The minimum absolute atomic E-state index is 0.180. The quantitative estimate of drug-likeness (QED) is 0.826. The topological polar surface area (TPSA) is 71.5 Å². The molecule has 1 aromatic heterocycles. The smallest absolute Gasteiger partial charge is 0.249 e. The number of morpholine rings is 1. The Hall–Kier alpha value is -2.21. The van der Waals surface area contributed by atoms with Crippen LogP contribution < -0.4 is 5.32 Å². The molecule has 2 heterocycles. The van der Waals surface area contributed by atoms with Gasteiger partial charge in [-0.3, -0.25) is 9.59 Å². The number of amides is 2. The third-order valence-corrected chi connectivity index (χ3v) is 2.87. The van der Waals surface area contributed by atoms with Crippen molar-refractivity contribution < 1.29 is 14.3 Å². The first-order valence-corrected chi connectivity index (χ1v) is 6.43. The molecule has 6 nitrogen and oxygen atoms in total. The molecule has 0 aromatic carbocycles. The molecular formula is C14H17N3O3. The zero-order chi connectivity index (χ0) is 14.4. The summed E-state index contributed by atoms with van der Waals surface area (Å²) in [6.07, 6.45) is 4.12. The summed E-state index contributed by atoms with van der Waals surface area (Å²) >= 11 is 0. The predicted molar refractivity (Wildman–Crippen MR) is 74.1 cm³/mol. The normalized spacial score (nSPS) is 15.3. The summed E-state index contributed by atoms with van der Waals surface area (Å²) in [5.41, 5.74) is 1.00. The van der Waals surface area contributed by atoms with E-state index >= 15 is 0 Å². The number of nitrogens with zero attached hydrogens (tertiary/aromatic N) is 2. The summed E-state index contributed by atoms with van der Waals surface area (Å²) in [5.74, 6) is -0.0798. The molecule has 0 aliphatic carbocycles. The molecule has 6 heteroatoms. The molecule has 0 atom stereocenters. The van der Waals surface area contributed by atoms with Crippen molar-refractivity contribution in [2.24, 2.45) is 0 Å². The van der Waals surface area contributed by atoms with Gasteiger partial charge in [-0.05, 0) is 24.6 Å². The van der Waals surface area contributed by atoms with Crippen LogP contribution in [0.5, 0.6) is 0 Å². The van der Waals surface area contributed by atoms with Gasteiger partial charge in [-0.1, -0.05) is 0 Å². The first-order valence-electron chi connectivity index (χ1n) is 6.43. The number of rotatable bonds is 3. The third kappa shape index (κ3) is 4.17. The van der Waals surface area contributed by atoms with Crippen LogP contribution in [0.1, 0.15) is 5.56 Å². The van der Waals surface area contributed by atoms with Crippen molar-refractivity contribution in [2.75, 3.05) is 31.6 Å². The number of aromatic nitrogens is 1. The van der Waals surface area contributed by atoms with Gasteiger partial charge in [0.1, 0.15) is 5.82 Å². The van der Waals surface area contributed by atoms with E-state index in [1.165, 1.54) is 12.2 Å². The lowest BCUT2D eigenvalue weighted by Gasteiger charge is -2.25. The standard InChI is InChI=1S/C14H17N3O3/c1-11-4-5-15-12(10-11)16-13(18)2-3-14(19)17-6-8-20-9-7-17/h2-5,10H,6-9H2,1H3,(H,15,16,18). The fourth-order valence-corrected chi connectivity index (χ4v) is 1.81. The number of hydrogen-bond donors (Lipinski definition) is 1. The largest absolute Gasteiger partial charge is 0.378 e. The molecule has 106 valence electrons. The number of nitrogens with one attached hydrogen (secondary N) is 1. The van der Waals surface area contributed by atoms with Gasteiger partial charge in [0, 0.05) is 31.4 Å². The van der Waals surface area contributed by atoms with E-state index in [1.807, 2.05) is 13.0 Å². The number of pyridine rings is 1. The Kier molecular flexibility index (Phi) is 4.84. The van der Waals surface area contributed by atoms with Crippen LogP contribution in [0.3, 0.4) is 0 Å². The lowest BCUT2D eigenvalue weighted by atomic mass is 10.3. The van der Waals surface area contributed by atoms with Gasteiger partial charge in [-0.25, -0.2) is 4.98 Å². The number of ether oxygens (including phenoxy) is 1. The van der Waals surface area contributed by atoms with Crippen LogP contribution in [0.4, 0.5) is 5.82 Å². The Morgan fingerprint density at radius 1 is 1.35 bits per heavy atom. The zero-order valence-electron chi connectivity index (χ0n) is 11.3. The van der Waals surface area contributed by atoms with Gasteiger partial charge in [0.15, 0.2) is 0 Å². The van der Waals surface area contributed by atoms with Gasteiger partial charge in [0.05, 0.1) is 13.2 Å². The second-order valence-corrected chi connectivity index (χ2v) is 4.48. The summed E-state index contributed by atoms with van der Waals surface area (Å²) in [7, 11) is 0. The Balaban J connectivity index is 1.87. The number of carbonyl (C=O) groups is 2. The number of hydrogen-bond acceptors (Lipinski definition) is 4. The van der Waals surface area contributed by atoms with Gasteiger partial charge >= 0.3 is 0 Å². The summed E-state index contributed by atoms with van der Waals surface area (Å²) in [6.45, 7) is 4.11. The highest BCUT2D eigenvalue weighted by atomic mass is 16.5. The van der Waals surface area contributed by atoms with Gasteiger partial charge in [0.25, 0.3) is 0 Å². The molecule has 0 unspecified atom stereocenters. The van der Waals surface area contributed by atoms with Gasteiger partial charge in [-0.2, -0.15) is 0 Å². The highest BCUT2D eigenvalue weighted by Gasteiger charge is 2.14. The first-order chi connectivity index (χ1) is 9.65. The van der Waals surface area contributed by atoms with E-state index in [2.05, 4.69) is 10.3 Å². The molecular weight excluding hydrogens is 258 g/mol. The molecule has 0 radical (unpaired) electrons. The maximum absolute atomic E-state index is 11.8. The van der Waals surface area contributed by atoms with E-state index in [1.54, 1.807) is 17.2 Å². The third-order valence-electron chi connectivity index (χ3n) is 2.87. The average Bonchev–Trinajstić information content (AvgIpc) is 2.46. The highest BCUT2D eigenvalue weighted by Crippen LogP contribution is 2.05. The minimum Gasteiger partial charge on any atom is -0.378 e. The lowest BCUT2D eigenvalue weighted by Crippen LogP contribution is -2.39. The van der Waals surface area contributed by atoms with Crippen LogP contribution >= 0.6 is 0 Å². The maximum Gasteiger partial charge on any atom is 0.249 e. The van der Waals surface area contributed by atoms with E-state index in [9.17, 15) is 9.59 Å². The Labute approximate surface area is 117 Å². The van der Waals surface area contributed by atoms with E-state index in [0.29, 0.717) is 32.1 Å². The fourth-order valence-electron chi connectivity index (χ4n) is 1.81. The Morgan fingerprint density at radius 3 is 2.80 bits per heavy atom. The zero-order valence-corrected chi connectivity index (χ0v) is 11.3. The second-order valence-electron chi connectivity index (χ2n) is 4.48. The van der Waals surface area contributed by atoms with Crippen LogP contribution in [0.2, 0.25) is 0 Å². The van der Waals surface area contributed by atoms with Crippen molar-refractivity contribution in [3.63, 3.8) is 0 Å². The van der Waals surface area contributed by atoms with E-state index in [4.69, 9.17) is 4.74 Å². The molecule has 0 saturated carbocycles. The van der Waals surface area contributed by atoms with Gasteiger partial charge in [-0.15, -0.1) is 0 Å². The number of aryl methyl sites for hydroxylation is 1. The minimum atomic E-state index is -0.371. The van der Waals surface area contributed by atoms with Crippen LogP contribution in [0.25, 0.3) is 0 Å². The number of anilines is 1. The molecule has 20 heavy (non-hydrogen) atoms. The van der Waals surface area contributed by atoms with Crippen molar-refractivity contribution in [3.8, 4) is 0 Å². The van der Waals surface area contributed by atoms with Crippen molar-refractivity contribution in [2.45, 2.75) is 6.92 Å². The van der Waals surface area contributed by atoms with Gasteiger partial charge in [0.2, 0.25) is 11.8 Å². The fraction of sp³-hybridized carbons (Fsp3) is 0.357. The molecule has 1 saturated heterocycles. The van der Waals surface area contributed by atoms with E-state index < -0.39 is 0 Å². The van der Waals surface area contributed by atoms with Crippen molar-refractivity contribution in [3.05, 3.63) is 36.0 Å². The Morgan fingerprint density at radius 2 is 2.10 bits per heavy atom. The predicted octanol–water partition coefficient (Wildman–Crippen LogP) is 0.744. The molecule has 1 aliphatic rings. The summed E-state index contributed by atoms with van der Waals surface area (Å²) in [5, 5.41) is 2.61. The first kappa shape index (κ1) is 14.2. The van der Waals surface area contributed by atoms with Crippen LogP contribution in [0, 0.1) is 6.92 Å². The second kappa shape index (κ2) is 6.81. The van der Waals surface area contributed by atoms with Crippen LogP contribution in [-0.2, 0) is 14.3 Å². The van der Waals surface area contributed by atoms with E-state index in [0.717, 1.165) is 5.56 Å². The summed E-state index contributed by atoms with van der Waals surface area (Å²) in [4.78, 5) is 29.1. The lowest BCUT2D eigenvalue weighted by molar-refractivity contribution is -0.130. The van der Waals surface area contributed by atoms with E-state index in [-0.39, 0.29) is 11.8 Å². The summed E-state index contributed by atoms with van der Waals surface area (Å²) in [6, 6.07) is 3.60. The molecule has 0 spiro atoms. The SMILES string of the molecule is Cc1ccnc(NC(=O)C=CC(=O)N2CCOCC2)c1. The molecule has 1 N–H and O–H groups in total. The van der Waals surface area contributed by atoms with Crippen molar-refractivity contribution in [1.82, 2.24) is 9.88 Å². The molecule has 0 bridgehead atoms. The monoisotopic (exact) mass is 275 g/mol. The molecule has 1 aliphatic heterocycles. The van der Waals surface area contributed by atoms with Gasteiger partial charge < -0.3 is 15.0 Å². The molecule has 2 amide bonds. The molecule has 1 fully saturated rings. The molecule has 2 rings (SSSR count). The van der Waals surface area contributed by atoms with Crippen molar-refractivity contribution in [1.29, 1.82) is 0 Å². The Bertz CT molecular complexity index is 522. The maximum atomic E-state index is 11.8. The highest BCUT2D eigenvalue weighted by molar-refractivity contribution is 6.03. The average molecular weight is 275 g/mol. The van der Waals surface area contributed by atoms with Crippen LogP contribution in [-0.4, -0.2) is 48.0 Å². The summed E-state index contributed by atoms with van der Waals surface area (Å²) < 4.78 is 5.16. The van der Waals surface area contributed by atoms with Crippen LogP contribution in [0.15, 0.2) is 30.5 Å². The number of carbonyl (C=O) groups excluding carboxylic acids is 2. The molecule has 1 aromatic rings.